The smallest absolute Gasteiger partial charge is 0.257 e. The number of carbonyl (C=O) groups excluding carboxylic acids is 2. The Kier molecular flexibility index (Phi) is 3.32. The number of carbonyl (C=O) groups is 2. The van der Waals surface area contributed by atoms with Crippen molar-refractivity contribution in [2.45, 2.75) is 19.5 Å². The van der Waals surface area contributed by atoms with Crippen LogP contribution in [0, 0.1) is 0 Å². The summed E-state index contributed by atoms with van der Waals surface area (Å²) in [7, 11) is 0. The Balaban J connectivity index is 1.60. The zero-order valence-corrected chi connectivity index (χ0v) is 13.0. The molecule has 0 aliphatic carbocycles. The lowest BCUT2D eigenvalue weighted by Crippen LogP contribution is -2.13. The predicted molar refractivity (Wildman–Crippen MR) is 88.7 cm³/mol. The average molecular weight is 328 g/mol. The number of hydrogen-bond acceptors (Lipinski definition) is 3. The van der Waals surface area contributed by atoms with Gasteiger partial charge in [0.2, 0.25) is 5.91 Å². The number of amides is 2. The lowest BCUT2D eigenvalue weighted by atomic mass is 10.1. The predicted octanol–water partition coefficient (Wildman–Crippen LogP) is 2.69. The van der Waals surface area contributed by atoms with E-state index in [1.807, 2.05) is 18.2 Å². The molecule has 0 unspecified atom stereocenters. The SMILES string of the molecule is O=C1Cc2cc(C(=O)Nc3ccc4c(c3)CNC4)c(Cl)cc2N1. The van der Waals surface area contributed by atoms with E-state index in [1.54, 1.807) is 12.1 Å². The van der Waals surface area contributed by atoms with E-state index in [0.717, 1.165) is 24.3 Å². The van der Waals surface area contributed by atoms with Gasteiger partial charge in [0, 0.05) is 24.5 Å². The van der Waals surface area contributed by atoms with Crippen molar-refractivity contribution >= 4 is 34.8 Å². The third-order valence-electron chi connectivity index (χ3n) is 4.16. The molecule has 0 saturated carbocycles. The summed E-state index contributed by atoms with van der Waals surface area (Å²) in [6.07, 6.45) is 0.275. The molecule has 4 rings (SSSR count). The molecule has 0 atom stereocenters. The monoisotopic (exact) mass is 327 g/mol. The van der Waals surface area contributed by atoms with E-state index in [1.165, 1.54) is 11.1 Å². The molecule has 0 aromatic heterocycles. The quantitative estimate of drug-likeness (QED) is 0.794. The van der Waals surface area contributed by atoms with Gasteiger partial charge in [-0.15, -0.1) is 0 Å². The third-order valence-corrected chi connectivity index (χ3v) is 4.47. The molecule has 2 amide bonds. The Bertz CT molecular complexity index is 848. The van der Waals surface area contributed by atoms with Gasteiger partial charge in [0.15, 0.2) is 0 Å². The van der Waals surface area contributed by atoms with Gasteiger partial charge in [-0.3, -0.25) is 9.59 Å². The lowest BCUT2D eigenvalue weighted by Gasteiger charge is -2.10. The van der Waals surface area contributed by atoms with Crippen molar-refractivity contribution in [1.82, 2.24) is 5.32 Å². The van der Waals surface area contributed by atoms with Gasteiger partial charge in [0.05, 0.1) is 17.0 Å². The van der Waals surface area contributed by atoms with E-state index in [9.17, 15) is 9.59 Å². The first-order valence-corrected chi connectivity index (χ1v) is 7.74. The molecule has 0 fully saturated rings. The van der Waals surface area contributed by atoms with E-state index in [-0.39, 0.29) is 18.2 Å². The second kappa shape index (κ2) is 5.37. The van der Waals surface area contributed by atoms with Crippen molar-refractivity contribution in [3.8, 4) is 0 Å². The summed E-state index contributed by atoms with van der Waals surface area (Å²) in [5, 5.41) is 9.19. The van der Waals surface area contributed by atoms with Crippen molar-refractivity contribution in [1.29, 1.82) is 0 Å². The zero-order chi connectivity index (χ0) is 16.0. The fourth-order valence-electron chi connectivity index (χ4n) is 2.99. The molecule has 3 N–H and O–H groups in total. The molecule has 0 spiro atoms. The van der Waals surface area contributed by atoms with Gasteiger partial charge in [0.25, 0.3) is 5.91 Å². The first-order chi connectivity index (χ1) is 11.1. The summed E-state index contributed by atoms with van der Waals surface area (Å²) in [6, 6.07) is 9.18. The highest BCUT2D eigenvalue weighted by Crippen LogP contribution is 2.30. The van der Waals surface area contributed by atoms with Crippen LogP contribution in [-0.2, 0) is 24.3 Å². The first-order valence-electron chi connectivity index (χ1n) is 7.36. The minimum Gasteiger partial charge on any atom is -0.325 e. The standard InChI is InChI=1S/C17H14ClN3O2/c18-14-6-15-10(5-16(22)21-15)4-13(14)17(23)20-12-2-1-9-7-19-8-11(9)3-12/h1-4,6,19H,5,7-8H2,(H,20,23)(H,21,22). The highest BCUT2D eigenvalue weighted by molar-refractivity contribution is 6.35. The molecule has 6 heteroatoms. The molecule has 2 aliphatic rings. The number of fused-ring (bicyclic) bond motifs is 2. The summed E-state index contributed by atoms with van der Waals surface area (Å²) in [6.45, 7) is 1.67. The third kappa shape index (κ3) is 2.58. The fraction of sp³-hybridized carbons (Fsp3) is 0.176. The van der Waals surface area contributed by atoms with Gasteiger partial charge in [-0.05, 0) is 41.0 Å². The second-order valence-electron chi connectivity index (χ2n) is 5.76. The van der Waals surface area contributed by atoms with E-state index < -0.39 is 0 Å². The van der Waals surface area contributed by atoms with Gasteiger partial charge in [-0.2, -0.15) is 0 Å². The fourth-order valence-corrected chi connectivity index (χ4v) is 3.24. The highest BCUT2D eigenvalue weighted by atomic mass is 35.5. The Hall–Kier alpha value is -2.37. The van der Waals surface area contributed by atoms with Crippen LogP contribution < -0.4 is 16.0 Å². The number of nitrogens with one attached hydrogen (secondary N) is 3. The average Bonchev–Trinajstić information content (AvgIpc) is 3.10. The number of benzene rings is 2. The Morgan fingerprint density at radius 1 is 1.09 bits per heavy atom. The van der Waals surface area contributed by atoms with Crippen LogP contribution in [0.25, 0.3) is 0 Å². The molecule has 2 aliphatic heterocycles. The molecule has 0 bridgehead atoms. The summed E-state index contributed by atoms with van der Waals surface area (Å²) < 4.78 is 0. The van der Waals surface area contributed by atoms with Gasteiger partial charge >= 0.3 is 0 Å². The molecular formula is C17H14ClN3O2. The molecular weight excluding hydrogens is 314 g/mol. The molecule has 0 saturated heterocycles. The number of hydrogen-bond donors (Lipinski definition) is 3. The van der Waals surface area contributed by atoms with Gasteiger partial charge in [0.1, 0.15) is 0 Å². The van der Waals surface area contributed by atoms with Crippen LogP contribution in [0.15, 0.2) is 30.3 Å². The largest absolute Gasteiger partial charge is 0.325 e. The molecule has 2 aromatic carbocycles. The summed E-state index contributed by atoms with van der Waals surface area (Å²) in [5.74, 6) is -0.359. The van der Waals surface area contributed by atoms with Crippen molar-refractivity contribution in [3.63, 3.8) is 0 Å². The van der Waals surface area contributed by atoms with Crippen molar-refractivity contribution in [2.75, 3.05) is 10.6 Å². The normalized spacial score (nSPS) is 15.1. The zero-order valence-electron chi connectivity index (χ0n) is 12.2. The number of anilines is 2. The molecule has 23 heavy (non-hydrogen) atoms. The van der Waals surface area contributed by atoms with Crippen LogP contribution in [0.2, 0.25) is 5.02 Å². The Morgan fingerprint density at radius 2 is 1.91 bits per heavy atom. The molecule has 0 radical (unpaired) electrons. The second-order valence-corrected chi connectivity index (χ2v) is 6.16. The van der Waals surface area contributed by atoms with Crippen LogP contribution >= 0.6 is 11.6 Å². The first kappa shape index (κ1) is 14.2. The molecule has 5 nitrogen and oxygen atoms in total. The summed E-state index contributed by atoms with van der Waals surface area (Å²) >= 11 is 6.19. The molecule has 116 valence electrons. The minimum atomic E-state index is -0.275. The van der Waals surface area contributed by atoms with Crippen molar-refractivity contribution in [3.05, 3.63) is 57.6 Å². The van der Waals surface area contributed by atoms with Crippen LogP contribution in [0.5, 0.6) is 0 Å². The molecule has 2 aromatic rings. The highest BCUT2D eigenvalue weighted by Gasteiger charge is 2.22. The maximum atomic E-state index is 12.5. The van der Waals surface area contributed by atoms with Crippen molar-refractivity contribution in [2.24, 2.45) is 0 Å². The maximum Gasteiger partial charge on any atom is 0.257 e. The van der Waals surface area contributed by atoms with Gasteiger partial charge in [-0.1, -0.05) is 17.7 Å². The van der Waals surface area contributed by atoms with E-state index in [4.69, 9.17) is 11.6 Å². The van der Waals surface area contributed by atoms with Crippen molar-refractivity contribution < 1.29 is 9.59 Å². The maximum absolute atomic E-state index is 12.5. The van der Waals surface area contributed by atoms with Crippen LogP contribution in [0.4, 0.5) is 11.4 Å². The summed E-state index contributed by atoms with van der Waals surface area (Å²) in [5.41, 5.74) is 5.03. The molecule has 2 heterocycles. The number of halogens is 1. The van der Waals surface area contributed by atoms with Gasteiger partial charge < -0.3 is 16.0 Å². The van der Waals surface area contributed by atoms with Crippen LogP contribution in [0.3, 0.4) is 0 Å². The lowest BCUT2D eigenvalue weighted by molar-refractivity contribution is -0.115. The Morgan fingerprint density at radius 3 is 2.78 bits per heavy atom. The minimum absolute atomic E-state index is 0.0836. The Labute approximate surface area is 138 Å². The van der Waals surface area contributed by atoms with Gasteiger partial charge in [-0.25, -0.2) is 0 Å². The van der Waals surface area contributed by atoms with E-state index >= 15 is 0 Å². The van der Waals surface area contributed by atoms with Crippen LogP contribution in [0.1, 0.15) is 27.0 Å². The summed E-state index contributed by atoms with van der Waals surface area (Å²) in [4.78, 5) is 23.9. The topological polar surface area (TPSA) is 70.2 Å². The number of rotatable bonds is 2. The van der Waals surface area contributed by atoms with Crippen LogP contribution in [-0.4, -0.2) is 11.8 Å². The van der Waals surface area contributed by atoms with E-state index in [0.29, 0.717) is 16.3 Å². The van der Waals surface area contributed by atoms with E-state index in [2.05, 4.69) is 16.0 Å².